The molecule has 1 aliphatic heterocycles. The van der Waals surface area contributed by atoms with Crippen molar-refractivity contribution in [1.29, 1.82) is 0 Å². The van der Waals surface area contributed by atoms with Crippen molar-refractivity contribution in [2.24, 2.45) is 10.7 Å². The van der Waals surface area contributed by atoms with E-state index in [2.05, 4.69) is 4.99 Å². The van der Waals surface area contributed by atoms with Crippen molar-refractivity contribution in [3.05, 3.63) is 31.3 Å². The van der Waals surface area contributed by atoms with Crippen LogP contribution in [0.3, 0.4) is 0 Å². The molecule has 4 rings (SSSR count). The number of aromatic nitrogens is 2. The number of guanidine groups is 1. The fourth-order valence-corrected chi connectivity index (χ4v) is 4.80. The van der Waals surface area contributed by atoms with E-state index in [-0.39, 0.29) is 30.3 Å². The summed E-state index contributed by atoms with van der Waals surface area (Å²) in [6.07, 6.45) is 1.96. The molecule has 0 saturated heterocycles. The Bertz CT molecular complexity index is 1000. The molecule has 2 aliphatic rings. The molecule has 0 aromatic carbocycles. The number of alkyl halides is 1. The molecule has 0 radical (unpaired) electrons. The number of halogens is 1. The Kier molecular flexibility index (Phi) is 4.34. The zero-order valence-corrected chi connectivity index (χ0v) is 15.5. The highest BCUT2D eigenvalue weighted by Crippen LogP contribution is 2.34. The summed E-state index contributed by atoms with van der Waals surface area (Å²) in [4.78, 5) is 33.7. The van der Waals surface area contributed by atoms with Crippen LogP contribution in [0.25, 0.3) is 10.2 Å². The van der Waals surface area contributed by atoms with Gasteiger partial charge in [0.1, 0.15) is 4.83 Å². The predicted molar refractivity (Wildman–Crippen MR) is 101 cm³/mol. The first-order valence-electron chi connectivity index (χ1n) is 8.91. The van der Waals surface area contributed by atoms with Crippen LogP contribution in [-0.2, 0) is 13.1 Å². The van der Waals surface area contributed by atoms with Crippen LogP contribution in [0.1, 0.15) is 35.7 Å². The first-order chi connectivity index (χ1) is 12.5. The third kappa shape index (κ3) is 2.74. The summed E-state index contributed by atoms with van der Waals surface area (Å²) in [5.74, 6) is 0.507. The van der Waals surface area contributed by atoms with Gasteiger partial charge in [0.05, 0.1) is 25.2 Å². The molecular formula is C17H22FN5O2S. The summed E-state index contributed by atoms with van der Waals surface area (Å²) in [7, 11) is 0. The molecule has 0 amide bonds. The van der Waals surface area contributed by atoms with E-state index in [4.69, 9.17) is 5.73 Å². The molecule has 0 spiro atoms. The monoisotopic (exact) mass is 379 g/mol. The van der Waals surface area contributed by atoms with Gasteiger partial charge in [0.15, 0.2) is 5.96 Å². The van der Waals surface area contributed by atoms with Gasteiger partial charge in [0, 0.05) is 24.0 Å². The quantitative estimate of drug-likeness (QED) is 0.821. The van der Waals surface area contributed by atoms with E-state index < -0.39 is 6.67 Å². The lowest BCUT2D eigenvalue weighted by Gasteiger charge is -2.16. The van der Waals surface area contributed by atoms with Gasteiger partial charge >= 0.3 is 5.69 Å². The van der Waals surface area contributed by atoms with E-state index in [1.165, 1.54) is 15.9 Å². The van der Waals surface area contributed by atoms with E-state index in [0.29, 0.717) is 29.3 Å². The Morgan fingerprint density at radius 2 is 2.12 bits per heavy atom. The second-order valence-electron chi connectivity index (χ2n) is 6.87. The molecule has 0 unspecified atom stereocenters. The van der Waals surface area contributed by atoms with Crippen molar-refractivity contribution in [2.45, 2.75) is 45.3 Å². The number of thiophene rings is 1. The molecule has 1 aliphatic carbocycles. The Morgan fingerprint density at radius 3 is 2.73 bits per heavy atom. The van der Waals surface area contributed by atoms with Crippen LogP contribution in [0, 0.1) is 6.92 Å². The maximum absolute atomic E-state index is 13.0. The molecule has 2 aromatic rings. The normalized spacial score (nSPS) is 17.3. The lowest BCUT2D eigenvalue weighted by Crippen LogP contribution is -2.39. The number of nitrogens with zero attached hydrogens (tertiary/aromatic N) is 4. The highest BCUT2D eigenvalue weighted by Gasteiger charge is 2.30. The first kappa shape index (κ1) is 17.3. The minimum atomic E-state index is -0.492. The van der Waals surface area contributed by atoms with E-state index in [1.807, 2.05) is 11.8 Å². The van der Waals surface area contributed by atoms with Gasteiger partial charge < -0.3 is 10.6 Å². The van der Waals surface area contributed by atoms with Crippen LogP contribution in [0.2, 0.25) is 0 Å². The lowest BCUT2D eigenvalue weighted by molar-refractivity contribution is 0.440. The standard InChI is InChI=1S/C17H22FN5O2S/c1-10-12(9-21-8-6-20-16(21)19)26-15-13(10)14(24)23(11-3-4-11)17(25)22(15)7-2-5-18/h11H,2-9H2,1H3,(H2,19,20). The number of hydrogen-bond acceptors (Lipinski definition) is 6. The van der Waals surface area contributed by atoms with Crippen molar-refractivity contribution in [2.75, 3.05) is 19.8 Å². The highest BCUT2D eigenvalue weighted by molar-refractivity contribution is 7.18. The SMILES string of the molecule is Cc1c(CN2CCN=C2N)sc2c1c(=O)n(C1CC1)c(=O)n2CCCF. The number of aryl methyl sites for hydroxylation is 2. The molecule has 2 aromatic heterocycles. The zero-order chi connectivity index (χ0) is 18.4. The van der Waals surface area contributed by atoms with Crippen molar-refractivity contribution < 1.29 is 4.39 Å². The first-order valence-corrected chi connectivity index (χ1v) is 9.72. The Morgan fingerprint density at radius 1 is 1.35 bits per heavy atom. The summed E-state index contributed by atoms with van der Waals surface area (Å²) in [6.45, 7) is 3.70. The van der Waals surface area contributed by atoms with Crippen LogP contribution >= 0.6 is 11.3 Å². The highest BCUT2D eigenvalue weighted by atomic mass is 32.1. The minimum absolute atomic E-state index is 0.0138. The number of hydrogen-bond donors (Lipinski definition) is 1. The Labute approximate surface area is 153 Å². The molecule has 0 bridgehead atoms. The van der Waals surface area contributed by atoms with Gasteiger partial charge in [-0.15, -0.1) is 11.3 Å². The predicted octanol–water partition coefficient (Wildman–Crippen LogP) is 1.36. The van der Waals surface area contributed by atoms with Crippen molar-refractivity contribution in [3.8, 4) is 0 Å². The fourth-order valence-electron chi connectivity index (χ4n) is 3.46. The molecule has 140 valence electrons. The molecule has 26 heavy (non-hydrogen) atoms. The average molecular weight is 379 g/mol. The van der Waals surface area contributed by atoms with Gasteiger partial charge in [-0.05, 0) is 31.7 Å². The average Bonchev–Trinajstić information content (AvgIpc) is 3.28. The third-order valence-corrected chi connectivity index (χ3v) is 6.37. The second-order valence-corrected chi connectivity index (χ2v) is 7.96. The van der Waals surface area contributed by atoms with E-state index in [9.17, 15) is 14.0 Å². The number of nitrogens with two attached hydrogens (primary N) is 1. The Hall–Kier alpha value is -2.16. The van der Waals surface area contributed by atoms with Crippen LogP contribution in [0.4, 0.5) is 4.39 Å². The third-order valence-electron chi connectivity index (χ3n) is 5.07. The van der Waals surface area contributed by atoms with Gasteiger partial charge in [0.2, 0.25) is 0 Å². The fraction of sp³-hybridized carbons (Fsp3) is 0.588. The number of rotatable bonds is 6. The Balaban J connectivity index is 1.88. The molecule has 9 heteroatoms. The number of aliphatic imine (C=N–C) groups is 1. The van der Waals surface area contributed by atoms with E-state index in [1.54, 1.807) is 4.57 Å². The van der Waals surface area contributed by atoms with E-state index in [0.717, 1.165) is 29.8 Å². The molecule has 7 nitrogen and oxygen atoms in total. The second kappa shape index (κ2) is 6.53. The van der Waals surface area contributed by atoms with Crippen LogP contribution in [0.15, 0.2) is 14.6 Å². The largest absolute Gasteiger partial charge is 0.370 e. The molecule has 3 heterocycles. The lowest BCUT2D eigenvalue weighted by atomic mass is 10.2. The summed E-state index contributed by atoms with van der Waals surface area (Å²) in [6, 6.07) is -0.0138. The van der Waals surface area contributed by atoms with Crippen LogP contribution < -0.4 is 17.0 Å². The van der Waals surface area contributed by atoms with Crippen molar-refractivity contribution in [3.63, 3.8) is 0 Å². The van der Waals surface area contributed by atoms with Gasteiger partial charge in [0.25, 0.3) is 5.56 Å². The zero-order valence-electron chi connectivity index (χ0n) is 14.7. The molecular weight excluding hydrogens is 357 g/mol. The summed E-state index contributed by atoms with van der Waals surface area (Å²) in [5, 5.41) is 0.588. The number of fused-ring (bicyclic) bond motifs is 1. The topological polar surface area (TPSA) is 85.6 Å². The molecule has 1 fully saturated rings. The molecule has 2 N–H and O–H groups in total. The maximum Gasteiger partial charge on any atom is 0.332 e. The van der Waals surface area contributed by atoms with Gasteiger partial charge in [-0.3, -0.25) is 23.3 Å². The summed E-state index contributed by atoms with van der Waals surface area (Å²) in [5.41, 5.74) is 6.27. The smallest absolute Gasteiger partial charge is 0.332 e. The summed E-state index contributed by atoms with van der Waals surface area (Å²) < 4.78 is 15.7. The van der Waals surface area contributed by atoms with Crippen LogP contribution in [-0.4, -0.2) is 39.8 Å². The van der Waals surface area contributed by atoms with E-state index >= 15 is 0 Å². The van der Waals surface area contributed by atoms with Crippen molar-refractivity contribution in [1.82, 2.24) is 14.0 Å². The van der Waals surface area contributed by atoms with Gasteiger partial charge in [-0.2, -0.15) is 0 Å². The summed E-state index contributed by atoms with van der Waals surface area (Å²) >= 11 is 1.43. The van der Waals surface area contributed by atoms with Crippen molar-refractivity contribution >= 4 is 27.5 Å². The minimum Gasteiger partial charge on any atom is -0.370 e. The van der Waals surface area contributed by atoms with Gasteiger partial charge in [-0.25, -0.2) is 4.79 Å². The van der Waals surface area contributed by atoms with Crippen LogP contribution in [0.5, 0.6) is 0 Å². The maximum atomic E-state index is 13.0. The molecule has 1 saturated carbocycles. The van der Waals surface area contributed by atoms with Gasteiger partial charge in [-0.1, -0.05) is 0 Å². The molecule has 0 atom stereocenters.